The van der Waals surface area contributed by atoms with Gasteiger partial charge in [-0.1, -0.05) is 35.2 Å². The van der Waals surface area contributed by atoms with E-state index in [2.05, 4.69) is 39.6 Å². The quantitative estimate of drug-likeness (QED) is 0.611. The molecular weight excluding hydrogens is 379 g/mol. The second-order valence-corrected chi connectivity index (χ2v) is 9.46. The normalized spacial score (nSPS) is 28.2. The van der Waals surface area contributed by atoms with Crippen LogP contribution in [0.25, 0.3) is 0 Å². The topological polar surface area (TPSA) is 6.48 Å². The van der Waals surface area contributed by atoms with Gasteiger partial charge in [0.05, 0.1) is 6.17 Å². The second kappa shape index (κ2) is 6.94. The van der Waals surface area contributed by atoms with Crippen LogP contribution in [-0.4, -0.2) is 28.6 Å². The van der Waals surface area contributed by atoms with Crippen molar-refractivity contribution in [2.45, 2.75) is 89.5 Å². The maximum atomic E-state index is 14.0. The average Bonchev–Trinajstić information content (AvgIpc) is 2.87. The smallest absolute Gasteiger partial charge is 0.124 e. The summed E-state index contributed by atoms with van der Waals surface area (Å²) in [5.74, 6) is -0.131. The Balaban J connectivity index is 1.64. The first-order chi connectivity index (χ1) is 12.0. The van der Waals surface area contributed by atoms with Crippen molar-refractivity contribution in [2.75, 3.05) is 6.54 Å². The molecule has 0 radical (unpaired) electrons. The minimum atomic E-state index is -0.131. The molecule has 0 spiro atoms. The van der Waals surface area contributed by atoms with E-state index in [9.17, 15) is 4.39 Å². The molecule has 1 atom stereocenters. The van der Waals surface area contributed by atoms with Crippen LogP contribution >= 0.6 is 15.9 Å². The van der Waals surface area contributed by atoms with Gasteiger partial charge in [-0.3, -0.25) is 9.80 Å². The van der Waals surface area contributed by atoms with Crippen LogP contribution in [0, 0.1) is 5.82 Å². The number of rotatable bonds is 2. The van der Waals surface area contributed by atoms with Crippen molar-refractivity contribution in [3.05, 3.63) is 33.5 Å². The summed E-state index contributed by atoms with van der Waals surface area (Å²) in [7, 11) is 0. The number of nitrogens with zero attached hydrogens (tertiary/aromatic N) is 2. The SMILES string of the molecule is CC1(C)c2cc(F)cc(Br)c2CN1C1CCCCN1C1CCCCC1. The number of fused-ring (bicyclic) bond motifs is 1. The molecule has 2 nitrogen and oxygen atoms in total. The Morgan fingerprint density at radius 2 is 1.76 bits per heavy atom. The summed E-state index contributed by atoms with van der Waals surface area (Å²) in [6.07, 6.45) is 11.3. The van der Waals surface area contributed by atoms with Gasteiger partial charge in [-0.25, -0.2) is 4.39 Å². The van der Waals surface area contributed by atoms with Crippen molar-refractivity contribution in [3.8, 4) is 0 Å². The van der Waals surface area contributed by atoms with E-state index in [0.717, 1.165) is 22.6 Å². The van der Waals surface area contributed by atoms with Gasteiger partial charge in [0.25, 0.3) is 0 Å². The highest BCUT2D eigenvalue weighted by molar-refractivity contribution is 9.10. The molecule has 138 valence electrons. The first kappa shape index (κ1) is 17.9. The van der Waals surface area contributed by atoms with Gasteiger partial charge in [0.15, 0.2) is 0 Å². The van der Waals surface area contributed by atoms with Gasteiger partial charge in [0.1, 0.15) is 5.82 Å². The Hall–Kier alpha value is -0.450. The number of likely N-dealkylation sites (tertiary alicyclic amines) is 1. The van der Waals surface area contributed by atoms with Crippen molar-refractivity contribution in [1.29, 1.82) is 0 Å². The van der Waals surface area contributed by atoms with Gasteiger partial charge in [0, 0.05) is 22.6 Å². The number of hydrogen-bond acceptors (Lipinski definition) is 2. The molecule has 2 fully saturated rings. The molecule has 1 aromatic carbocycles. The van der Waals surface area contributed by atoms with Crippen molar-refractivity contribution < 1.29 is 4.39 Å². The Labute approximate surface area is 159 Å². The summed E-state index contributed by atoms with van der Waals surface area (Å²) in [5, 5.41) is 0. The van der Waals surface area contributed by atoms with E-state index >= 15 is 0 Å². The Kier molecular flexibility index (Phi) is 4.98. The largest absolute Gasteiger partial charge is 0.285 e. The molecule has 0 amide bonds. The molecule has 0 bridgehead atoms. The van der Waals surface area contributed by atoms with Crippen molar-refractivity contribution >= 4 is 15.9 Å². The monoisotopic (exact) mass is 408 g/mol. The first-order valence-corrected chi connectivity index (χ1v) is 10.8. The van der Waals surface area contributed by atoms with E-state index < -0.39 is 0 Å². The second-order valence-electron chi connectivity index (χ2n) is 8.61. The number of piperidine rings is 1. The van der Waals surface area contributed by atoms with Crippen molar-refractivity contribution in [3.63, 3.8) is 0 Å². The minimum absolute atomic E-state index is 0.116. The van der Waals surface area contributed by atoms with Gasteiger partial charge in [-0.05, 0) is 75.8 Å². The molecule has 1 unspecified atom stereocenters. The Morgan fingerprint density at radius 3 is 2.52 bits per heavy atom. The van der Waals surface area contributed by atoms with E-state index in [1.165, 1.54) is 63.5 Å². The van der Waals surface area contributed by atoms with Crippen molar-refractivity contribution in [1.82, 2.24) is 9.80 Å². The zero-order valence-electron chi connectivity index (χ0n) is 15.5. The lowest BCUT2D eigenvalue weighted by Crippen LogP contribution is -2.57. The average molecular weight is 409 g/mol. The van der Waals surface area contributed by atoms with E-state index in [1.54, 1.807) is 12.1 Å². The molecule has 1 saturated heterocycles. The van der Waals surface area contributed by atoms with Crippen LogP contribution < -0.4 is 0 Å². The molecule has 4 rings (SSSR count). The number of benzene rings is 1. The van der Waals surface area contributed by atoms with E-state index in [0.29, 0.717) is 6.17 Å². The molecule has 2 heterocycles. The molecule has 2 aliphatic heterocycles. The lowest BCUT2D eigenvalue weighted by Gasteiger charge is -2.50. The highest BCUT2D eigenvalue weighted by atomic mass is 79.9. The molecule has 0 aromatic heterocycles. The fourth-order valence-corrected chi connectivity index (χ4v) is 5.98. The van der Waals surface area contributed by atoms with Crippen LogP contribution in [-0.2, 0) is 12.1 Å². The van der Waals surface area contributed by atoms with Crippen LogP contribution in [0.2, 0.25) is 0 Å². The van der Waals surface area contributed by atoms with Crippen molar-refractivity contribution in [2.24, 2.45) is 0 Å². The van der Waals surface area contributed by atoms with Gasteiger partial charge >= 0.3 is 0 Å². The summed E-state index contributed by atoms with van der Waals surface area (Å²) in [4.78, 5) is 5.45. The number of halogens is 2. The molecule has 1 aromatic rings. The van der Waals surface area contributed by atoms with Gasteiger partial charge < -0.3 is 0 Å². The molecule has 25 heavy (non-hydrogen) atoms. The van der Waals surface area contributed by atoms with E-state index in [-0.39, 0.29) is 11.4 Å². The van der Waals surface area contributed by atoms with Crippen LogP contribution in [0.5, 0.6) is 0 Å². The summed E-state index contributed by atoms with van der Waals surface area (Å²) >= 11 is 3.61. The lowest BCUT2D eigenvalue weighted by molar-refractivity contribution is -0.0666. The van der Waals surface area contributed by atoms with Crippen LogP contribution in [0.1, 0.15) is 76.3 Å². The summed E-state index contributed by atoms with van der Waals surface area (Å²) in [6.45, 7) is 6.71. The summed E-state index contributed by atoms with van der Waals surface area (Å²) in [5.41, 5.74) is 2.32. The van der Waals surface area contributed by atoms with Gasteiger partial charge in [-0.2, -0.15) is 0 Å². The minimum Gasteiger partial charge on any atom is -0.285 e. The zero-order valence-corrected chi connectivity index (χ0v) is 17.1. The molecule has 1 saturated carbocycles. The molecule has 3 aliphatic rings. The van der Waals surface area contributed by atoms with Gasteiger partial charge in [-0.15, -0.1) is 0 Å². The third-order valence-corrected chi connectivity index (χ3v) is 7.49. The Bertz CT molecular complexity index is 639. The van der Waals surface area contributed by atoms with Crippen LogP contribution in [0.3, 0.4) is 0 Å². The molecular formula is C21H30BrFN2. The molecule has 4 heteroatoms. The number of hydrogen-bond donors (Lipinski definition) is 0. The molecule has 0 N–H and O–H groups in total. The maximum absolute atomic E-state index is 14.0. The van der Waals surface area contributed by atoms with E-state index in [1.807, 2.05) is 0 Å². The molecule has 1 aliphatic carbocycles. The first-order valence-electron chi connectivity index (χ1n) is 9.99. The van der Waals surface area contributed by atoms with E-state index in [4.69, 9.17) is 0 Å². The maximum Gasteiger partial charge on any atom is 0.124 e. The van der Waals surface area contributed by atoms with Gasteiger partial charge in [0.2, 0.25) is 0 Å². The zero-order chi connectivity index (χ0) is 17.6. The third kappa shape index (κ3) is 3.19. The van der Waals surface area contributed by atoms with Crippen LogP contribution in [0.4, 0.5) is 4.39 Å². The standard InChI is InChI=1S/C21H30BrFN2/c1-21(2)18-12-15(23)13-19(22)17(18)14-25(21)20-10-6-7-11-24(20)16-8-4-3-5-9-16/h12-13,16,20H,3-11,14H2,1-2H3. The summed E-state index contributed by atoms with van der Waals surface area (Å²) in [6, 6.07) is 4.13. The third-order valence-electron chi connectivity index (χ3n) is 6.78. The highest BCUT2D eigenvalue weighted by Gasteiger charge is 2.45. The fourth-order valence-electron chi connectivity index (χ4n) is 5.42. The summed E-state index contributed by atoms with van der Waals surface area (Å²) < 4.78 is 15.0. The lowest BCUT2D eigenvalue weighted by atomic mass is 9.90. The Morgan fingerprint density at radius 1 is 1.04 bits per heavy atom. The predicted octanol–water partition coefficient (Wildman–Crippen LogP) is 5.78. The van der Waals surface area contributed by atoms with Crippen LogP contribution in [0.15, 0.2) is 16.6 Å². The predicted molar refractivity (Wildman–Crippen MR) is 104 cm³/mol. The fraction of sp³-hybridized carbons (Fsp3) is 0.714. The highest BCUT2D eigenvalue weighted by Crippen LogP contribution is 2.46.